The number of hydrogen-bond acceptors (Lipinski definition) is 5. The summed E-state index contributed by atoms with van der Waals surface area (Å²) < 4.78 is 31.0. The Morgan fingerprint density at radius 3 is 2.43 bits per heavy atom. The van der Waals surface area contributed by atoms with Crippen LogP contribution in [0.2, 0.25) is 0 Å². The Kier molecular flexibility index (Phi) is 6.60. The molecule has 3 N–H and O–H groups in total. The number of benzene rings is 1. The molecule has 1 unspecified atom stereocenters. The first kappa shape index (κ1) is 17.9. The van der Waals surface area contributed by atoms with Gasteiger partial charge in [0.05, 0.1) is 10.5 Å². The maximum absolute atomic E-state index is 11.8. The number of hydrogen-bond donors (Lipinski definition) is 3. The van der Waals surface area contributed by atoms with Crippen LogP contribution in [-0.4, -0.2) is 45.9 Å². The van der Waals surface area contributed by atoms with Gasteiger partial charge in [0.1, 0.15) is 0 Å². The van der Waals surface area contributed by atoms with Gasteiger partial charge in [-0.15, -0.1) is 0 Å². The fourth-order valence-electron chi connectivity index (χ4n) is 1.73. The van der Waals surface area contributed by atoms with Crippen molar-refractivity contribution in [2.75, 3.05) is 32.1 Å². The molecule has 0 aliphatic heterocycles. The molecule has 0 saturated carbocycles. The molecule has 0 heterocycles. The summed E-state index contributed by atoms with van der Waals surface area (Å²) in [6.07, 6.45) is 0.517. The molecule has 0 amide bonds. The van der Waals surface area contributed by atoms with Crippen LogP contribution in [0, 0.1) is 0 Å². The quantitative estimate of drug-likeness (QED) is 0.637. The van der Waals surface area contributed by atoms with Crippen LogP contribution in [0.3, 0.4) is 0 Å². The molecule has 0 spiro atoms. The van der Waals surface area contributed by atoms with E-state index in [1.54, 1.807) is 33.1 Å². The minimum absolute atomic E-state index is 0.223. The van der Waals surface area contributed by atoms with Crippen molar-refractivity contribution in [1.29, 1.82) is 0 Å². The van der Waals surface area contributed by atoms with Gasteiger partial charge < -0.3 is 15.2 Å². The lowest BCUT2D eigenvalue weighted by Gasteiger charge is -2.23. The lowest BCUT2D eigenvalue weighted by atomic mass is 10.0. The zero-order valence-electron chi connectivity index (χ0n) is 12.7. The molecule has 0 aromatic heterocycles. The van der Waals surface area contributed by atoms with Crippen LogP contribution in [0.15, 0.2) is 29.2 Å². The summed E-state index contributed by atoms with van der Waals surface area (Å²) in [5, 5.41) is 13.2. The monoisotopic (exact) mass is 316 g/mol. The molecule has 1 rings (SSSR count). The van der Waals surface area contributed by atoms with E-state index < -0.39 is 15.6 Å². The fraction of sp³-hybridized carbons (Fsp3) is 0.571. The Balaban J connectivity index is 2.63. The second-order valence-corrected chi connectivity index (χ2v) is 6.89. The molecule has 6 nitrogen and oxygen atoms in total. The molecule has 0 aliphatic rings. The first-order chi connectivity index (χ1) is 9.80. The Morgan fingerprint density at radius 1 is 1.29 bits per heavy atom. The summed E-state index contributed by atoms with van der Waals surface area (Å²) in [5.74, 6) is 0. The summed E-state index contributed by atoms with van der Waals surface area (Å²) in [6, 6.07) is 6.42. The van der Waals surface area contributed by atoms with Gasteiger partial charge >= 0.3 is 0 Å². The van der Waals surface area contributed by atoms with Crippen molar-refractivity contribution in [1.82, 2.24) is 4.72 Å². The van der Waals surface area contributed by atoms with Gasteiger partial charge in [-0.05, 0) is 31.2 Å². The first-order valence-electron chi connectivity index (χ1n) is 6.85. The molecule has 1 aromatic rings. The third-order valence-electron chi connectivity index (χ3n) is 3.02. The summed E-state index contributed by atoms with van der Waals surface area (Å²) in [4.78, 5) is 0.223. The maximum Gasteiger partial charge on any atom is 0.240 e. The first-order valence-corrected chi connectivity index (χ1v) is 8.34. The largest absolute Gasteiger partial charge is 0.388 e. The Labute approximate surface area is 126 Å². The molecule has 120 valence electrons. The number of methoxy groups -OCH3 is 1. The van der Waals surface area contributed by atoms with Crippen molar-refractivity contribution in [2.45, 2.75) is 30.8 Å². The predicted octanol–water partition coefficient (Wildman–Crippen LogP) is 1.18. The average Bonchev–Trinajstić information content (AvgIpc) is 2.44. The van der Waals surface area contributed by atoms with Crippen LogP contribution in [0.25, 0.3) is 0 Å². The van der Waals surface area contributed by atoms with Gasteiger partial charge in [-0.2, -0.15) is 0 Å². The van der Waals surface area contributed by atoms with Crippen molar-refractivity contribution in [3.63, 3.8) is 0 Å². The van der Waals surface area contributed by atoms with Gasteiger partial charge in [-0.3, -0.25) is 0 Å². The molecule has 0 fully saturated rings. The fourth-order valence-corrected chi connectivity index (χ4v) is 2.77. The SMILES string of the molecule is CCNS(=O)(=O)c1ccc(NCC(C)(O)CCOC)cc1. The van der Waals surface area contributed by atoms with Gasteiger partial charge in [0.15, 0.2) is 0 Å². The zero-order chi connectivity index (χ0) is 15.9. The second kappa shape index (κ2) is 7.74. The van der Waals surface area contributed by atoms with Gasteiger partial charge in [-0.25, -0.2) is 13.1 Å². The molecular weight excluding hydrogens is 292 g/mol. The molecule has 1 atom stereocenters. The number of ether oxygens (including phenoxy) is 1. The highest BCUT2D eigenvalue weighted by Crippen LogP contribution is 2.16. The average molecular weight is 316 g/mol. The highest BCUT2D eigenvalue weighted by molar-refractivity contribution is 7.89. The minimum atomic E-state index is -3.43. The number of sulfonamides is 1. The molecule has 1 aromatic carbocycles. The molecule has 0 radical (unpaired) electrons. The molecule has 0 aliphatic carbocycles. The number of nitrogens with one attached hydrogen (secondary N) is 2. The summed E-state index contributed by atoms with van der Waals surface area (Å²) in [5.41, 5.74) is -0.131. The van der Waals surface area contributed by atoms with Crippen LogP contribution in [0.5, 0.6) is 0 Å². The van der Waals surface area contributed by atoms with E-state index >= 15 is 0 Å². The Morgan fingerprint density at radius 2 is 1.90 bits per heavy atom. The van der Waals surface area contributed by atoms with E-state index in [-0.39, 0.29) is 4.90 Å². The van der Waals surface area contributed by atoms with Crippen LogP contribution in [0.4, 0.5) is 5.69 Å². The number of anilines is 1. The number of rotatable bonds is 9. The summed E-state index contributed by atoms with van der Waals surface area (Å²) in [7, 11) is -1.84. The smallest absolute Gasteiger partial charge is 0.240 e. The normalized spacial score (nSPS) is 14.7. The second-order valence-electron chi connectivity index (χ2n) is 5.12. The Bertz CT molecular complexity index is 526. The van der Waals surface area contributed by atoms with Crippen LogP contribution >= 0.6 is 0 Å². The standard InChI is InChI=1S/C14H24N2O4S/c1-4-16-21(18,19)13-7-5-12(6-8-13)15-11-14(2,17)9-10-20-3/h5-8,15-17H,4,9-11H2,1-3H3. The lowest BCUT2D eigenvalue weighted by molar-refractivity contribution is 0.0357. The van der Waals surface area contributed by atoms with Crippen molar-refractivity contribution in [2.24, 2.45) is 0 Å². The highest BCUT2D eigenvalue weighted by Gasteiger charge is 2.19. The van der Waals surface area contributed by atoms with E-state index in [0.717, 1.165) is 5.69 Å². The van der Waals surface area contributed by atoms with E-state index in [1.807, 2.05) is 0 Å². The van der Waals surface area contributed by atoms with E-state index in [2.05, 4.69) is 10.0 Å². The summed E-state index contributed by atoms with van der Waals surface area (Å²) in [6.45, 7) is 4.65. The zero-order valence-corrected chi connectivity index (χ0v) is 13.5. The van der Waals surface area contributed by atoms with Gasteiger partial charge in [0.2, 0.25) is 10.0 Å². The van der Waals surface area contributed by atoms with Gasteiger partial charge in [0, 0.05) is 38.9 Å². The summed E-state index contributed by atoms with van der Waals surface area (Å²) >= 11 is 0. The predicted molar refractivity (Wildman–Crippen MR) is 82.9 cm³/mol. The highest BCUT2D eigenvalue weighted by atomic mass is 32.2. The molecule has 0 saturated heterocycles. The van der Waals surface area contributed by atoms with Gasteiger partial charge in [0.25, 0.3) is 0 Å². The molecule has 7 heteroatoms. The van der Waals surface area contributed by atoms with Gasteiger partial charge in [-0.1, -0.05) is 6.92 Å². The minimum Gasteiger partial charge on any atom is -0.388 e. The third-order valence-corrected chi connectivity index (χ3v) is 4.58. The molecule has 21 heavy (non-hydrogen) atoms. The lowest BCUT2D eigenvalue weighted by Crippen LogP contribution is -2.34. The topological polar surface area (TPSA) is 87.7 Å². The van der Waals surface area contributed by atoms with Crippen molar-refractivity contribution in [3.05, 3.63) is 24.3 Å². The third kappa shape index (κ3) is 6.01. The van der Waals surface area contributed by atoms with E-state index in [4.69, 9.17) is 4.74 Å². The molecule has 0 bridgehead atoms. The van der Waals surface area contributed by atoms with Crippen LogP contribution in [0.1, 0.15) is 20.3 Å². The van der Waals surface area contributed by atoms with Crippen molar-refractivity contribution < 1.29 is 18.3 Å². The van der Waals surface area contributed by atoms with Crippen LogP contribution in [-0.2, 0) is 14.8 Å². The van der Waals surface area contributed by atoms with E-state index in [9.17, 15) is 13.5 Å². The maximum atomic E-state index is 11.8. The van der Waals surface area contributed by atoms with E-state index in [0.29, 0.717) is 26.1 Å². The van der Waals surface area contributed by atoms with Crippen molar-refractivity contribution in [3.8, 4) is 0 Å². The van der Waals surface area contributed by atoms with E-state index in [1.165, 1.54) is 12.1 Å². The molecular formula is C14H24N2O4S. The van der Waals surface area contributed by atoms with Crippen molar-refractivity contribution >= 4 is 15.7 Å². The number of aliphatic hydroxyl groups is 1. The van der Waals surface area contributed by atoms with Crippen LogP contribution < -0.4 is 10.0 Å². The Hall–Kier alpha value is -1.15.